The zero-order valence-corrected chi connectivity index (χ0v) is 14.4. The number of aromatic nitrogens is 4. The van der Waals surface area contributed by atoms with Crippen molar-refractivity contribution in [1.82, 2.24) is 25.5 Å². The van der Waals surface area contributed by atoms with E-state index in [1.165, 1.54) is 0 Å². The minimum atomic E-state index is -0.168. The van der Waals surface area contributed by atoms with Gasteiger partial charge in [-0.1, -0.05) is 13.3 Å². The molecule has 0 unspecified atom stereocenters. The fourth-order valence-electron chi connectivity index (χ4n) is 2.67. The second-order valence-electron chi connectivity index (χ2n) is 5.91. The van der Waals surface area contributed by atoms with Crippen LogP contribution in [0.2, 0.25) is 0 Å². The molecule has 0 radical (unpaired) electrons. The second-order valence-corrected chi connectivity index (χ2v) is 5.91. The zero-order valence-electron chi connectivity index (χ0n) is 14.4. The van der Waals surface area contributed by atoms with Gasteiger partial charge in [0.05, 0.1) is 0 Å². The van der Waals surface area contributed by atoms with Gasteiger partial charge in [0.2, 0.25) is 5.95 Å². The highest BCUT2D eigenvalue weighted by molar-refractivity contribution is 5.92. The van der Waals surface area contributed by atoms with Gasteiger partial charge in [-0.3, -0.25) is 4.79 Å². The highest BCUT2D eigenvalue weighted by Gasteiger charge is 2.20. The first-order chi connectivity index (χ1) is 12.3. The lowest BCUT2D eigenvalue weighted by Gasteiger charge is -2.35. The number of anilines is 2. The van der Waals surface area contributed by atoms with E-state index in [1.54, 1.807) is 18.5 Å². The molecule has 25 heavy (non-hydrogen) atoms. The van der Waals surface area contributed by atoms with Crippen LogP contribution in [-0.4, -0.2) is 58.8 Å². The lowest BCUT2D eigenvalue weighted by atomic mass is 10.3. The summed E-state index contributed by atoms with van der Waals surface area (Å²) in [5.74, 6) is 1.38. The summed E-state index contributed by atoms with van der Waals surface area (Å²) in [4.78, 5) is 24.8. The van der Waals surface area contributed by atoms with Gasteiger partial charge in [-0.15, -0.1) is 10.2 Å². The Labute approximate surface area is 147 Å². The molecule has 0 bridgehead atoms. The van der Waals surface area contributed by atoms with E-state index >= 15 is 0 Å². The van der Waals surface area contributed by atoms with Gasteiger partial charge in [-0.05, 0) is 24.6 Å². The molecule has 2 aromatic heterocycles. The van der Waals surface area contributed by atoms with Crippen molar-refractivity contribution in [3.05, 3.63) is 36.3 Å². The van der Waals surface area contributed by atoms with Crippen molar-refractivity contribution in [1.29, 1.82) is 0 Å². The molecule has 8 nitrogen and oxygen atoms in total. The predicted octanol–water partition coefficient (Wildman–Crippen LogP) is 1.12. The molecule has 1 aliphatic heterocycles. The molecule has 0 atom stereocenters. The Morgan fingerprint density at radius 2 is 1.80 bits per heavy atom. The number of unbranched alkanes of at least 4 members (excludes halogenated alkanes) is 1. The Balaban J connectivity index is 1.54. The van der Waals surface area contributed by atoms with Crippen molar-refractivity contribution in [2.45, 2.75) is 19.8 Å². The van der Waals surface area contributed by atoms with E-state index in [2.05, 4.69) is 42.2 Å². The summed E-state index contributed by atoms with van der Waals surface area (Å²) < 4.78 is 0. The van der Waals surface area contributed by atoms with Crippen LogP contribution in [0, 0.1) is 0 Å². The molecule has 0 saturated carbocycles. The average molecular weight is 341 g/mol. The van der Waals surface area contributed by atoms with Gasteiger partial charge in [-0.2, -0.15) is 0 Å². The fraction of sp³-hybridized carbons (Fsp3) is 0.471. The molecular formula is C17H23N7O. The van der Waals surface area contributed by atoms with E-state index < -0.39 is 0 Å². The zero-order chi connectivity index (χ0) is 17.5. The molecule has 3 heterocycles. The van der Waals surface area contributed by atoms with Gasteiger partial charge in [0, 0.05) is 45.1 Å². The van der Waals surface area contributed by atoms with Crippen LogP contribution in [0.25, 0.3) is 0 Å². The summed E-state index contributed by atoms with van der Waals surface area (Å²) >= 11 is 0. The number of hydrogen-bond donors (Lipinski definition) is 1. The minimum Gasteiger partial charge on any atom is -0.352 e. The normalized spacial score (nSPS) is 14.4. The quantitative estimate of drug-likeness (QED) is 0.788. The van der Waals surface area contributed by atoms with Crippen LogP contribution in [-0.2, 0) is 0 Å². The number of nitrogens with one attached hydrogen (secondary N) is 1. The number of amides is 1. The molecule has 0 aliphatic carbocycles. The van der Waals surface area contributed by atoms with Crippen LogP contribution in [0.1, 0.15) is 30.3 Å². The molecule has 1 aliphatic rings. The molecular weight excluding hydrogens is 318 g/mol. The molecule has 3 rings (SSSR count). The van der Waals surface area contributed by atoms with E-state index in [9.17, 15) is 4.79 Å². The summed E-state index contributed by atoms with van der Waals surface area (Å²) in [7, 11) is 0. The Hall–Kier alpha value is -2.77. The highest BCUT2D eigenvalue weighted by atomic mass is 16.1. The highest BCUT2D eigenvalue weighted by Crippen LogP contribution is 2.15. The van der Waals surface area contributed by atoms with Crippen molar-refractivity contribution in [3.63, 3.8) is 0 Å². The standard InChI is InChI=1S/C17H23N7O/c1-2-3-7-18-16(25)14-5-6-15(22-21-14)23-10-12-24(13-11-23)17-19-8-4-9-20-17/h4-6,8-9H,2-3,7,10-13H2,1H3,(H,18,25). The smallest absolute Gasteiger partial charge is 0.271 e. The van der Waals surface area contributed by atoms with Gasteiger partial charge >= 0.3 is 0 Å². The van der Waals surface area contributed by atoms with Gasteiger partial charge in [0.25, 0.3) is 5.91 Å². The SMILES string of the molecule is CCCCNC(=O)c1ccc(N2CCN(c3ncccn3)CC2)nn1. The molecule has 1 saturated heterocycles. The third-order valence-electron chi connectivity index (χ3n) is 4.14. The second kappa shape index (κ2) is 8.36. The summed E-state index contributed by atoms with van der Waals surface area (Å²) in [6.45, 7) is 6.03. The van der Waals surface area contributed by atoms with Crippen LogP contribution in [0.5, 0.6) is 0 Å². The first-order valence-corrected chi connectivity index (χ1v) is 8.67. The van der Waals surface area contributed by atoms with Crippen molar-refractivity contribution in [3.8, 4) is 0 Å². The minimum absolute atomic E-state index is 0.168. The van der Waals surface area contributed by atoms with E-state index in [0.29, 0.717) is 12.2 Å². The average Bonchev–Trinajstić information content (AvgIpc) is 2.69. The molecule has 1 N–H and O–H groups in total. The number of rotatable bonds is 6. The number of piperazine rings is 1. The topological polar surface area (TPSA) is 87.1 Å². The van der Waals surface area contributed by atoms with E-state index in [1.807, 2.05) is 12.1 Å². The third-order valence-corrected chi connectivity index (χ3v) is 4.14. The molecule has 0 spiro atoms. The Morgan fingerprint density at radius 1 is 1.08 bits per heavy atom. The maximum Gasteiger partial charge on any atom is 0.271 e. The van der Waals surface area contributed by atoms with Crippen LogP contribution in [0.3, 0.4) is 0 Å². The maximum atomic E-state index is 12.0. The Kier molecular flexibility index (Phi) is 5.71. The third kappa shape index (κ3) is 4.40. The number of carbonyl (C=O) groups excluding carboxylic acids is 1. The monoisotopic (exact) mass is 341 g/mol. The van der Waals surface area contributed by atoms with Crippen LogP contribution < -0.4 is 15.1 Å². The molecule has 8 heteroatoms. The maximum absolute atomic E-state index is 12.0. The van der Waals surface area contributed by atoms with E-state index in [-0.39, 0.29) is 5.91 Å². The molecule has 0 aromatic carbocycles. The first-order valence-electron chi connectivity index (χ1n) is 8.67. The largest absolute Gasteiger partial charge is 0.352 e. The molecule has 1 amide bonds. The van der Waals surface area contributed by atoms with Crippen LogP contribution >= 0.6 is 0 Å². The number of nitrogens with zero attached hydrogens (tertiary/aromatic N) is 6. The van der Waals surface area contributed by atoms with Crippen LogP contribution in [0.15, 0.2) is 30.6 Å². The van der Waals surface area contributed by atoms with Gasteiger partial charge < -0.3 is 15.1 Å². The van der Waals surface area contributed by atoms with E-state index in [0.717, 1.165) is 50.8 Å². The Bertz CT molecular complexity index is 669. The van der Waals surface area contributed by atoms with Gasteiger partial charge in [0.15, 0.2) is 11.5 Å². The molecule has 1 fully saturated rings. The lowest BCUT2D eigenvalue weighted by Crippen LogP contribution is -2.47. The summed E-state index contributed by atoms with van der Waals surface area (Å²) in [5, 5.41) is 11.1. The summed E-state index contributed by atoms with van der Waals surface area (Å²) in [6.07, 6.45) is 5.52. The van der Waals surface area contributed by atoms with Gasteiger partial charge in [-0.25, -0.2) is 9.97 Å². The lowest BCUT2D eigenvalue weighted by molar-refractivity contribution is 0.0947. The molecule has 2 aromatic rings. The van der Waals surface area contributed by atoms with Crippen molar-refractivity contribution < 1.29 is 4.79 Å². The van der Waals surface area contributed by atoms with Crippen LogP contribution in [0.4, 0.5) is 11.8 Å². The summed E-state index contributed by atoms with van der Waals surface area (Å²) in [6, 6.07) is 5.40. The number of hydrogen-bond acceptors (Lipinski definition) is 7. The van der Waals surface area contributed by atoms with Crippen molar-refractivity contribution in [2.24, 2.45) is 0 Å². The molecule has 132 valence electrons. The van der Waals surface area contributed by atoms with Gasteiger partial charge in [0.1, 0.15) is 0 Å². The van der Waals surface area contributed by atoms with Crippen molar-refractivity contribution in [2.75, 3.05) is 42.5 Å². The Morgan fingerprint density at radius 3 is 2.44 bits per heavy atom. The number of carbonyl (C=O) groups is 1. The predicted molar refractivity (Wildman–Crippen MR) is 95.7 cm³/mol. The fourth-order valence-corrected chi connectivity index (χ4v) is 2.67. The summed E-state index contributed by atoms with van der Waals surface area (Å²) in [5.41, 5.74) is 0.358. The first kappa shape index (κ1) is 17.1. The van der Waals surface area contributed by atoms with Crippen molar-refractivity contribution >= 4 is 17.7 Å². The van der Waals surface area contributed by atoms with E-state index in [4.69, 9.17) is 0 Å².